The molecule has 9 nitrogen and oxygen atoms in total. The zero-order valence-electron chi connectivity index (χ0n) is 19.7. The number of nitrogens with one attached hydrogen (secondary N) is 1. The van der Waals surface area contributed by atoms with E-state index in [9.17, 15) is 23.5 Å². The summed E-state index contributed by atoms with van der Waals surface area (Å²) in [4.78, 5) is 31.0. The van der Waals surface area contributed by atoms with Gasteiger partial charge < -0.3 is 20.1 Å². The summed E-state index contributed by atoms with van der Waals surface area (Å²) in [7, 11) is 1.55. The standard InChI is InChI=1S/C25H23F2N5O4/c1-25(2,35)9-8-15-4-7-21-20(10-15)31(3)24(34)19(13-36-21)29-23(33)22-28-14-32(30-22)12-16-5-6-17(26)11-18(16)27/h4-7,10-11,14,19,35H,12-13H2,1-3H3,(H,29,33)/t19-/m1/s1. The maximum atomic E-state index is 13.9. The Labute approximate surface area is 205 Å². The number of hydrogen-bond donors (Lipinski definition) is 2. The Balaban J connectivity index is 1.46. The number of hydrogen-bond acceptors (Lipinski definition) is 6. The van der Waals surface area contributed by atoms with Gasteiger partial charge >= 0.3 is 0 Å². The van der Waals surface area contributed by atoms with Crippen LogP contribution in [-0.2, 0) is 11.3 Å². The molecule has 2 amide bonds. The molecule has 0 bridgehead atoms. The van der Waals surface area contributed by atoms with Gasteiger partial charge in [0.2, 0.25) is 5.82 Å². The van der Waals surface area contributed by atoms with Crippen LogP contribution in [0.15, 0.2) is 42.7 Å². The third-order valence-electron chi connectivity index (χ3n) is 5.26. The normalized spacial score (nSPS) is 15.3. The van der Waals surface area contributed by atoms with E-state index < -0.39 is 35.1 Å². The van der Waals surface area contributed by atoms with Gasteiger partial charge in [0.15, 0.2) is 0 Å². The number of halogens is 2. The van der Waals surface area contributed by atoms with Gasteiger partial charge in [-0.3, -0.25) is 9.59 Å². The van der Waals surface area contributed by atoms with Gasteiger partial charge in [-0.2, -0.15) is 0 Å². The lowest BCUT2D eigenvalue weighted by Gasteiger charge is -2.20. The van der Waals surface area contributed by atoms with Gasteiger partial charge in [-0.15, -0.1) is 5.10 Å². The van der Waals surface area contributed by atoms with Crippen molar-refractivity contribution in [3.05, 3.63) is 71.3 Å². The van der Waals surface area contributed by atoms with Gasteiger partial charge in [0, 0.05) is 24.2 Å². The summed E-state index contributed by atoms with van der Waals surface area (Å²) in [5.41, 5.74) is 0.0396. The van der Waals surface area contributed by atoms with Crippen LogP contribution >= 0.6 is 0 Å². The van der Waals surface area contributed by atoms with E-state index in [4.69, 9.17) is 4.74 Å². The zero-order chi connectivity index (χ0) is 26.0. The fourth-order valence-corrected chi connectivity index (χ4v) is 3.43. The topological polar surface area (TPSA) is 110 Å². The molecule has 0 unspecified atom stereocenters. The molecule has 11 heteroatoms. The number of nitrogens with zero attached hydrogens (tertiary/aromatic N) is 4. The fourth-order valence-electron chi connectivity index (χ4n) is 3.43. The monoisotopic (exact) mass is 495 g/mol. The number of fused-ring (bicyclic) bond motifs is 1. The van der Waals surface area contributed by atoms with Gasteiger partial charge in [-0.25, -0.2) is 18.4 Å². The van der Waals surface area contributed by atoms with E-state index in [0.717, 1.165) is 12.1 Å². The van der Waals surface area contributed by atoms with Crippen molar-refractivity contribution in [3.8, 4) is 17.6 Å². The minimum atomic E-state index is -1.17. The summed E-state index contributed by atoms with van der Waals surface area (Å²) >= 11 is 0. The summed E-state index contributed by atoms with van der Waals surface area (Å²) in [6.45, 7) is 2.94. The molecule has 0 spiro atoms. The number of likely N-dealkylation sites (N-methyl/N-ethyl adjacent to an activating group) is 1. The summed E-state index contributed by atoms with van der Waals surface area (Å²) < 4.78 is 34.0. The maximum Gasteiger partial charge on any atom is 0.291 e. The van der Waals surface area contributed by atoms with E-state index in [2.05, 4.69) is 27.2 Å². The molecule has 0 aliphatic carbocycles. The van der Waals surface area contributed by atoms with Crippen molar-refractivity contribution in [2.45, 2.75) is 32.0 Å². The number of anilines is 1. The second-order valence-electron chi connectivity index (χ2n) is 8.73. The Hall–Kier alpha value is -4.30. The summed E-state index contributed by atoms with van der Waals surface area (Å²) in [5.74, 6) is 3.19. The number of rotatable bonds is 4. The minimum absolute atomic E-state index is 0.0609. The molecule has 0 fully saturated rings. The fraction of sp³-hybridized carbons (Fsp3) is 0.280. The van der Waals surface area contributed by atoms with Crippen molar-refractivity contribution in [1.29, 1.82) is 0 Å². The van der Waals surface area contributed by atoms with E-state index in [1.54, 1.807) is 39.1 Å². The number of aliphatic hydroxyl groups is 1. The first-order chi connectivity index (χ1) is 17.0. The predicted octanol–water partition coefficient (Wildman–Crippen LogP) is 1.88. The van der Waals surface area contributed by atoms with Crippen LogP contribution < -0.4 is 15.0 Å². The average Bonchev–Trinajstić information content (AvgIpc) is 3.25. The highest BCUT2D eigenvalue weighted by Gasteiger charge is 2.31. The Bertz CT molecular complexity index is 1390. The number of amides is 2. The molecule has 0 saturated heterocycles. The van der Waals surface area contributed by atoms with Gasteiger partial charge in [-0.05, 0) is 38.1 Å². The first-order valence-electron chi connectivity index (χ1n) is 10.9. The van der Waals surface area contributed by atoms with Crippen molar-refractivity contribution in [3.63, 3.8) is 0 Å². The third kappa shape index (κ3) is 5.67. The number of carbonyl (C=O) groups is 2. The lowest BCUT2D eigenvalue weighted by Crippen LogP contribution is -2.49. The van der Waals surface area contributed by atoms with Crippen LogP contribution in [-0.4, -0.2) is 57.0 Å². The smallest absolute Gasteiger partial charge is 0.291 e. The van der Waals surface area contributed by atoms with Gasteiger partial charge in [-0.1, -0.05) is 17.9 Å². The van der Waals surface area contributed by atoms with Crippen LogP contribution in [0, 0.1) is 23.5 Å². The molecule has 1 atom stereocenters. The molecule has 36 heavy (non-hydrogen) atoms. The van der Waals surface area contributed by atoms with Crippen LogP contribution in [0.3, 0.4) is 0 Å². The van der Waals surface area contributed by atoms with Gasteiger partial charge in [0.1, 0.15) is 42.0 Å². The van der Waals surface area contributed by atoms with E-state index in [-0.39, 0.29) is 24.5 Å². The highest BCUT2D eigenvalue weighted by molar-refractivity contribution is 6.02. The molecule has 4 rings (SSSR count). The summed E-state index contributed by atoms with van der Waals surface area (Å²) in [5, 5.41) is 16.4. The lowest BCUT2D eigenvalue weighted by atomic mass is 10.1. The molecule has 0 radical (unpaired) electrons. The zero-order valence-corrected chi connectivity index (χ0v) is 19.7. The maximum absolute atomic E-state index is 13.9. The van der Waals surface area contributed by atoms with Crippen LogP contribution in [0.25, 0.3) is 0 Å². The number of benzene rings is 2. The molecule has 0 saturated carbocycles. The lowest BCUT2D eigenvalue weighted by molar-refractivity contribution is -0.120. The molecule has 2 N–H and O–H groups in total. The molecular weight excluding hydrogens is 472 g/mol. The Kier molecular flexibility index (Phi) is 6.72. The molecule has 1 aromatic heterocycles. The van der Waals surface area contributed by atoms with Crippen molar-refractivity contribution >= 4 is 17.5 Å². The highest BCUT2D eigenvalue weighted by atomic mass is 19.1. The largest absolute Gasteiger partial charge is 0.489 e. The van der Waals surface area contributed by atoms with E-state index in [0.29, 0.717) is 17.0 Å². The first kappa shape index (κ1) is 24.8. The Morgan fingerprint density at radius 3 is 2.78 bits per heavy atom. The van der Waals surface area contributed by atoms with E-state index in [1.165, 1.54) is 22.0 Å². The molecule has 3 aromatic rings. The van der Waals surface area contributed by atoms with E-state index >= 15 is 0 Å². The Morgan fingerprint density at radius 1 is 1.28 bits per heavy atom. The van der Waals surface area contributed by atoms with Crippen molar-refractivity contribution in [2.75, 3.05) is 18.6 Å². The van der Waals surface area contributed by atoms with Crippen LogP contribution in [0.2, 0.25) is 0 Å². The Morgan fingerprint density at radius 2 is 2.06 bits per heavy atom. The van der Waals surface area contributed by atoms with Crippen molar-refractivity contribution in [2.24, 2.45) is 0 Å². The average molecular weight is 495 g/mol. The van der Waals surface area contributed by atoms with Crippen molar-refractivity contribution in [1.82, 2.24) is 20.1 Å². The second kappa shape index (κ2) is 9.75. The van der Waals surface area contributed by atoms with Crippen LogP contribution in [0.5, 0.6) is 5.75 Å². The highest BCUT2D eigenvalue weighted by Crippen LogP contribution is 2.31. The van der Waals surface area contributed by atoms with Gasteiger partial charge in [0.25, 0.3) is 11.8 Å². The number of carbonyl (C=O) groups excluding carboxylic acids is 2. The second-order valence-corrected chi connectivity index (χ2v) is 8.73. The SMILES string of the molecule is CN1C(=O)[C@H](NC(=O)c2ncn(Cc3ccc(F)cc3F)n2)COc2ccc(C#CC(C)(C)O)cc21. The molecule has 2 heterocycles. The van der Waals surface area contributed by atoms with Crippen LogP contribution in [0.1, 0.15) is 35.6 Å². The predicted molar refractivity (Wildman–Crippen MR) is 125 cm³/mol. The van der Waals surface area contributed by atoms with Crippen LogP contribution in [0.4, 0.5) is 14.5 Å². The molecular formula is C25H23F2N5O4. The minimum Gasteiger partial charge on any atom is -0.489 e. The number of aromatic nitrogens is 3. The molecule has 186 valence electrons. The summed E-state index contributed by atoms with van der Waals surface area (Å²) in [6, 6.07) is 7.16. The number of ether oxygens (including phenoxy) is 1. The summed E-state index contributed by atoms with van der Waals surface area (Å²) in [6.07, 6.45) is 1.24. The quantitative estimate of drug-likeness (QED) is 0.535. The molecule has 1 aliphatic heterocycles. The first-order valence-corrected chi connectivity index (χ1v) is 10.9. The molecule has 1 aliphatic rings. The molecule has 2 aromatic carbocycles. The van der Waals surface area contributed by atoms with Crippen molar-refractivity contribution < 1.29 is 28.2 Å². The van der Waals surface area contributed by atoms with E-state index in [1.807, 2.05) is 0 Å². The third-order valence-corrected chi connectivity index (χ3v) is 5.26. The van der Waals surface area contributed by atoms with Gasteiger partial charge in [0.05, 0.1) is 12.2 Å².